The van der Waals surface area contributed by atoms with Crippen LogP contribution in [0.3, 0.4) is 0 Å². The van der Waals surface area contributed by atoms with Crippen molar-refractivity contribution in [2.24, 2.45) is 5.73 Å². The summed E-state index contributed by atoms with van der Waals surface area (Å²) in [6.07, 6.45) is -4.55. The molecule has 0 bridgehead atoms. The van der Waals surface area contributed by atoms with Crippen molar-refractivity contribution in [3.8, 4) is 0 Å². The zero-order valence-electron chi connectivity index (χ0n) is 14.2. The second-order valence-electron chi connectivity index (χ2n) is 5.96. The Morgan fingerprint density at radius 3 is 2.43 bits per heavy atom. The van der Waals surface area contributed by atoms with Gasteiger partial charge >= 0.3 is 6.18 Å². The fourth-order valence-corrected chi connectivity index (χ4v) is 2.55. The molecule has 1 amide bonds. The molecule has 0 spiro atoms. The van der Waals surface area contributed by atoms with Crippen molar-refractivity contribution in [3.05, 3.63) is 46.9 Å². The predicted molar refractivity (Wildman–Crippen MR) is 87.1 cm³/mol. The molecule has 1 aliphatic heterocycles. The van der Waals surface area contributed by atoms with E-state index in [4.69, 9.17) is 16.6 Å². The summed E-state index contributed by atoms with van der Waals surface area (Å²) >= 11 is 0. The van der Waals surface area contributed by atoms with Gasteiger partial charge in [-0.2, -0.15) is 13.2 Å². The zero-order valence-corrected chi connectivity index (χ0v) is 14.2. The van der Waals surface area contributed by atoms with Gasteiger partial charge in [-0.1, -0.05) is 0 Å². The van der Waals surface area contributed by atoms with Crippen LogP contribution in [0.2, 0.25) is 0 Å². The third-order valence-electron chi connectivity index (χ3n) is 3.88. The molecule has 1 aromatic carbocycles. The van der Waals surface area contributed by atoms with Crippen LogP contribution in [0.5, 0.6) is 0 Å². The van der Waals surface area contributed by atoms with Gasteiger partial charge in [-0.25, -0.2) is 13.2 Å². The van der Waals surface area contributed by atoms with Gasteiger partial charge in [0.2, 0.25) is 11.7 Å². The van der Waals surface area contributed by atoms with Gasteiger partial charge in [-0.3, -0.25) is 15.6 Å². The predicted octanol–water partition coefficient (Wildman–Crippen LogP) is 2.15. The lowest BCUT2D eigenvalue weighted by Crippen LogP contribution is -2.56. The van der Waals surface area contributed by atoms with Crippen molar-refractivity contribution >= 4 is 17.6 Å². The summed E-state index contributed by atoms with van der Waals surface area (Å²) in [7, 11) is 0. The Kier molecular flexibility index (Phi) is 6.00. The number of rotatable bonds is 3. The van der Waals surface area contributed by atoms with Crippen molar-refractivity contribution in [1.29, 1.82) is 10.8 Å². The van der Waals surface area contributed by atoms with E-state index in [2.05, 4.69) is 0 Å². The molecule has 1 fully saturated rings. The summed E-state index contributed by atoms with van der Waals surface area (Å²) in [5.74, 6) is -6.82. The Hall–Kier alpha value is -3.05. The number of amidine groups is 2. The van der Waals surface area contributed by atoms with Gasteiger partial charge < -0.3 is 15.5 Å². The van der Waals surface area contributed by atoms with Gasteiger partial charge in [0.15, 0.2) is 11.6 Å². The van der Waals surface area contributed by atoms with Crippen LogP contribution >= 0.6 is 0 Å². The van der Waals surface area contributed by atoms with Crippen molar-refractivity contribution < 1.29 is 31.1 Å². The second kappa shape index (κ2) is 7.90. The second-order valence-corrected chi connectivity index (χ2v) is 5.96. The number of halogens is 6. The molecule has 1 heterocycles. The van der Waals surface area contributed by atoms with E-state index in [1.54, 1.807) is 0 Å². The minimum atomic E-state index is -4.92. The number of amides is 1. The maximum atomic E-state index is 13.6. The number of piperazine rings is 1. The average molecular weight is 407 g/mol. The van der Waals surface area contributed by atoms with Crippen molar-refractivity contribution in [2.45, 2.75) is 12.6 Å². The van der Waals surface area contributed by atoms with Crippen LogP contribution in [0.15, 0.2) is 23.9 Å². The topological polar surface area (TPSA) is 97.3 Å². The molecule has 152 valence electrons. The number of allylic oxidation sites excluding steroid dienone is 1. The summed E-state index contributed by atoms with van der Waals surface area (Å²) in [6.45, 7) is -1.13. The molecule has 28 heavy (non-hydrogen) atoms. The lowest BCUT2D eigenvalue weighted by Gasteiger charge is -2.36. The molecule has 0 unspecified atom stereocenters. The monoisotopic (exact) mass is 407 g/mol. The molecule has 0 aromatic heterocycles. The molecule has 4 N–H and O–H groups in total. The molecular formula is C16H15F6N5O. The number of nitrogens with one attached hydrogen (secondary N) is 2. The van der Waals surface area contributed by atoms with Gasteiger partial charge in [0, 0.05) is 37.3 Å². The Morgan fingerprint density at radius 2 is 1.86 bits per heavy atom. The molecule has 6 nitrogen and oxygen atoms in total. The van der Waals surface area contributed by atoms with E-state index in [-0.39, 0.29) is 12.2 Å². The first-order valence-corrected chi connectivity index (χ1v) is 7.79. The fraction of sp³-hybridized carbons (Fsp3) is 0.312. The van der Waals surface area contributed by atoms with E-state index in [0.29, 0.717) is 11.0 Å². The highest BCUT2D eigenvalue weighted by atomic mass is 19.4. The normalized spacial score (nSPS) is 15.8. The Bertz CT molecular complexity index is 851. The smallest absolute Gasteiger partial charge is 0.402 e. The highest BCUT2D eigenvalue weighted by molar-refractivity contribution is 6.03. The van der Waals surface area contributed by atoms with Crippen LogP contribution < -0.4 is 5.73 Å². The van der Waals surface area contributed by atoms with E-state index in [9.17, 15) is 31.1 Å². The molecule has 1 aliphatic rings. The summed E-state index contributed by atoms with van der Waals surface area (Å²) in [5.41, 5.74) is 4.97. The largest absolute Gasteiger partial charge is 0.449 e. The summed E-state index contributed by atoms with van der Waals surface area (Å²) in [6, 6.07) is 1.08. The van der Waals surface area contributed by atoms with Crippen molar-refractivity contribution in [1.82, 2.24) is 9.80 Å². The van der Waals surface area contributed by atoms with Crippen LogP contribution in [-0.2, 0) is 11.2 Å². The van der Waals surface area contributed by atoms with Crippen molar-refractivity contribution in [3.63, 3.8) is 0 Å². The number of nitrogens with two attached hydrogens (primary N) is 1. The molecule has 0 radical (unpaired) electrons. The molecule has 12 heteroatoms. The van der Waals surface area contributed by atoms with Crippen LogP contribution in [0, 0.1) is 28.3 Å². The van der Waals surface area contributed by atoms with E-state index < -0.39 is 66.3 Å². The fourth-order valence-electron chi connectivity index (χ4n) is 2.55. The number of carbonyl (C=O) groups is 1. The van der Waals surface area contributed by atoms with Gasteiger partial charge in [0.05, 0.1) is 6.54 Å². The average Bonchev–Trinajstić information content (AvgIpc) is 2.57. The number of nitrogens with zero attached hydrogens (tertiary/aromatic N) is 2. The maximum absolute atomic E-state index is 13.6. The third kappa shape index (κ3) is 4.81. The molecule has 0 atom stereocenters. The first-order valence-electron chi connectivity index (χ1n) is 7.79. The molecule has 0 aliphatic carbocycles. The van der Waals surface area contributed by atoms with Crippen LogP contribution in [0.1, 0.15) is 5.56 Å². The molecular weight excluding hydrogens is 392 g/mol. The first kappa shape index (κ1) is 21.3. The maximum Gasteiger partial charge on any atom is 0.449 e. The Labute approximate surface area is 155 Å². The summed E-state index contributed by atoms with van der Waals surface area (Å²) in [5, 5.41) is 14.7. The highest BCUT2D eigenvalue weighted by Gasteiger charge is 2.41. The molecule has 1 saturated heterocycles. The number of alkyl halides is 3. The van der Waals surface area contributed by atoms with E-state index in [1.165, 1.54) is 0 Å². The molecule has 0 saturated carbocycles. The number of carbonyl (C=O) groups excluding carboxylic acids is 1. The highest BCUT2D eigenvalue weighted by Crippen LogP contribution is 2.21. The summed E-state index contributed by atoms with van der Waals surface area (Å²) < 4.78 is 77.7. The van der Waals surface area contributed by atoms with E-state index in [0.717, 1.165) is 17.0 Å². The lowest BCUT2D eigenvalue weighted by molar-refractivity contribution is -0.126. The Balaban J connectivity index is 2.05. The number of hydrogen-bond donors (Lipinski definition) is 3. The van der Waals surface area contributed by atoms with Crippen LogP contribution in [-0.4, -0.2) is 53.2 Å². The SMILES string of the molecule is N=C1CN(C(=O)/C=C(\N)Cc2cc(F)cc(F)c2F)CCN1C(=N)C(F)(F)F. The molecule has 2 rings (SSSR count). The quantitative estimate of drug-likeness (QED) is 0.236. The van der Waals surface area contributed by atoms with Gasteiger partial charge in [0.25, 0.3) is 0 Å². The van der Waals surface area contributed by atoms with Crippen molar-refractivity contribution in [2.75, 3.05) is 19.6 Å². The Morgan fingerprint density at radius 1 is 1.21 bits per heavy atom. The number of benzene rings is 1. The van der Waals surface area contributed by atoms with E-state index >= 15 is 0 Å². The van der Waals surface area contributed by atoms with Gasteiger partial charge in [-0.05, 0) is 11.6 Å². The third-order valence-corrected chi connectivity index (χ3v) is 3.88. The molecule has 1 aromatic rings. The standard InChI is InChI=1S/C16H15F6N5O/c17-9-3-8(14(19)11(18)5-9)4-10(23)6-13(28)26-1-2-27(12(24)7-26)15(25)16(20,21)22/h3,5-6,24-25H,1-2,4,7,23H2/b10-6-,24-12?,25-15?. The van der Waals surface area contributed by atoms with E-state index in [1.807, 2.05) is 0 Å². The minimum absolute atomic E-state index is 0.216. The number of hydrogen-bond acceptors (Lipinski definition) is 4. The van der Waals surface area contributed by atoms with Gasteiger partial charge in [0.1, 0.15) is 11.7 Å². The minimum Gasteiger partial charge on any atom is -0.402 e. The summed E-state index contributed by atoms with van der Waals surface area (Å²) in [4.78, 5) is 13.6. The van der Waals surface area contributed by atoms with Crippen LogP contribution in [0.25, 0.3) is 0 Å². The zero-order chi connectivity index (χ0) is 21.2. The lowest BCUT2D eigenvalue weighted by atomic mass is 10.1. The van der Waals surface area contributed by atoms with Crippen LogP contribution in [0.4, 0.5) is 26.3 Å². The first-order chi connectivity index (χ1) is 12.9. The van der Waals surface area contributed by atoms with Gasteiger partial charge in [-0.15, -0.1) is 0 Å².